The van der Waals surface area contributed by atoms with Crippen molar-refractivity contribution >= 4 is 12.1 Å². The van der Waals surface area contributed by atoms with E-state index < -0.39 is 17.6 Å². The van der Waals surface area contributed by atoms with Gasteiger partial charge in [-0.15, -0.1) is 0 Å². The molecule has 1 saturated heterocycles. The maximum Gasteiger partial charge on any atom is 0.411 e. The van der Waals surface area contributed by atoms with Crippen molar-refractivity contribution in [3.63, 3.8) is 0 Å². The standard InChI is InChI=1S/C15H19NO4/c1-2-15(13(17)18)9-6-10-16(15)14(19)20-11-12-7-4-3-5-8-12/h3-5,7-8H,2,6,9-11H2,1H3,(H,17,18)/t15-/m0/s1. The molecule has 0 saturated carbocycles. The summed E-state index contributed by atoms with van der Waals surface area (Å²) in [5, 5.41) is 9.42. The molecule has 2 rings (SSSR count). The first-order chi connectivity index (χ1) is 9.60. The number of carbonyl (C=O) groups is 2. The molecule has 0 aromatic heterocycles. The van der Waals surface area contributed by atoms with Crippen LogP contribution in [0.1, 0.15) is 31.7 Å². The number of benzene rings is 1. The van der Waals surface area contributed by atoms with Gasteiger partial charge in [0.1, 0.15) is 12.1 Å². The van der Waals surface area contributed by atoms with Crippen LogP contribution >= 0.6 is 0 Å². The lowest BCUT2D eigenvalue weighted by molar-refractivity contribution is -0.149. The second-order valence-electron chi connectivity index (χ2n) is 4.99. The topological polar surface area (TPSA) is 66.8 Å². The number of hydrogen-bond acceptors (Lipinski definition) is 3. The van der Waals surface area contributed by atoms with Gasteiger partial charge in [0.2, 0.25) is 0 Å². The van der Waals surface area contributed by atoms with E-state index in [0.29, 0.717) is 25.8 Å². The number of aliphatic carboxylic acids is 1. The summed E-state index contributed by atoms with van der Waals surface area (Å²) in [5.41, 5.74) is -0.217. The minimum absolute atomic E-state index is 0.162. The molecule has 1 N–H and O–H groups in total. The largest absolute Gasteiger partial charge is 0.479 e. The van der Waals surface area contributed by atoms with Crippen LogP contribution in [0.2, 0.25) is 0 Å². The van der Waals surface area contributed by atoms with E-state index >= 15 is 0 Å². The van der Waals surface area contributed by atoms with E-state index in [0.717, 1.165) is 5.56 Å². The fourth-order valence-corrected chi connectivity index (χ4v) is 2.68. The van der Waals surface area contributed by atoms with Crippen LogP contribution < -0.4 is 0 Å². The monoisotopic (exact) mass is 277 g/mol. The molecular formula is C15H19NO4. The van der Waals surface area contributed by atoms with Crippen molar-refractivity contribution < 1.29 is 19.4 Å². The summed E-state index contributed by atoms with van der Waals surface area (Å²) < 4.78 is 5.24. The van der Waals surface area contributed by atoms with Crippen molar-refractivity contribution in [1.29, 1.82) is 0 Å². The second kappa shape index (κ2) is 5.94. The first-order valence-electron chi connectivity index (χ1n) is 6.82. The Morgan fingerprint density at radius 1 is 1.35 bits per heavy atom. The lowest BCUT2D eigenvalue weighted by atomic mass is 9.93. The zero-order valence-corrected chi connectivity index (χ0v) is 11.5. The van der Waals surface area contributed by atoms with Crippen molar-refractivity contribution in [2.75, 3.05) is 6.54 Å². The van der Waals surface area contributed by atoms with Gasteiger partial charge in [0.15, 0.2) is 0 Å². The average molecular weight is 277 g/mol. The van der Waals surface area contributed by atoms with E-state index in [1.54, 1.807) is 6.92 Å². The van der Waals surface area contributed by atoms with Gasteiger partial charge in [-0.1, -0.05) is 37.3 Å². The molecule has 1 aromatic rings. The van der Waals surface area contributed by atoms with Gasteiger partial charge in [-0.05, 0) is 24.8 Å². The van der Waals surface area contributed by atoms with Crippen molar-refractivity contribution in [3.8, 4) is 0 Å². The summed E-state index contributed by atoms with van der Waals surface area (Å²) in [5.74, 6) is -0.950. The molecule has 1 aliphatic heterocycles. The van der Waals surface area contributed by atoms with Gasteiger partial charge in [0.05, 0.1) is 0 Å². The minimum atomic E-state index is -1.10. The fourth-order valence-electron chi connectivity index (χ4n) is 2.68. The number of carboxylic acid groups (broad SMARTS) is 1. The van der Waals surface area contributed by atoms with Crippen molar-refractivity contribution in [3.05, 3.63) is 35.9 Å². The Morgan fingerprint density at radius 2 is 2.05 bits per heavy atom. The lowest BCUT2D eigenvalue weighted by Gasteiger charge is -2.32. The number of likely N-dealkylation sites (tertiary alicyclic amines) is 1. The Morgan fingerprint density at radius 3 is 2.65 bits per heavy atom. The number of ether oxygens (including phenoxy) is 1. The third-order valence-corrected chi connectivity index (χ3v) is 3.90. The highest BCUT2D eigenvalue weighted by molar-refractivity contribution is 5.85. The fraction of sp³-hybridized carbons (Fsp3) is 0.467. The highest BCUT2D eigenvalue weighted by atomic mass is 16.6. The molecule has 1 heterocycles. The van der Waals surface area contributed by atoms with Crippen molar-refractivity contribution in [2.45, 2.75) is 38.3 Å². The van der Waals surface area contributed by atoms with Gasteiger partial charge in [0.25, 0.3) is 0 Å². The number of hydrogen-bond donors (Lipinski definition) is 1. The quantitative estimate of drug-likeness (QED) is 0.918. The van der Waals surface area contributed by atoms with E-state index in [9.17, 15) is 14.7 Å². The molecule has 1 aliphatic rings. The Labute approximate surface area is 118 Å². The summed E-state index contributed by atoms with van der Waals surface area (Å²) in [6.45, 7) is 2.39. The van der Waals surface area contributed by atoms with Crippen LogP contribution in [0.3, 0.4) is 0 Å². The molecule has 0 radical (unpaired) electrons. The van der Waals surface area contributed by atoms with Crippen LogP contribution in [0.15, 0.2) is 30.3 Å². The van der Waals surface area contributed by atoms with Crippen molar-refractivity contribution in [2.24, 2.45) is 0 Å². The second-order valence-corrected chi connectivity index (χ2v) is 4.99. The van der Waals surface area contributed by atoms with Crippen LogP contribution in [0.5, 0.6) is 0 Å². The SMILES string of the molecule is CC[C@@]1(C(=O)O)CCCN1C(=O)OCc1ccccc1. The summed E-state index contributed by atoms with van der Waals surface area (Å²) in [6.07, 6.45) is 1.03. The molecule has 0 aliphatic carbocycles. The Balaban J connectivity index is 2.03. The molecule has 108 valence electrons. The van der Waals surface area contributed by atoms with E-state index in [1.807, 2.05) is 30.3 Å². The Hall–Kier alpha value is -2.04. The number of rotatable bonds is 4. The van der Waals surface area contributed by atoms with Crippen LogP contribution in [0, 0.1) is 0 Å². The predicted octanol–water partition coefficient (Wildman–Crippen LogP) is 2.65. The first kappa shape index (κ1) is 14.4. The summed E-state index contributed by atoms with van der Waals surface area (Å²) in [7, 11) is 0. The number of carboxylic acids is 1. The van der Waals surface area contributed by atoms with Crippen LogP contribution in [0.4, 0.5) is 4.79 Å². The molecule has 0 unspecified atom stereocenters. The van der Waals surface area contributed by atoms with Crippen LogP contribution in [-0.4, -0.2) is 34.2 Å². The first-order valence-corrected chi connectivity index (χ1v) is 6.82. The molecule has 5 nitrogen and oxygen atoms in total. The molecule has 20 heavy (non-hydrogen) atoms. The molecule has 1 aromatic carbocycles. The van der Waals surface area contributed by atoms with Gasteiger partial charge in [0, 0.05) is 6.54 Å². The predicted molar refractivity (Wildman–Crippen MR) is 73.2 cm³/mol. The van der Waals surface area contributed by atoms with E-state index in [1.165, 1.54) is 4.90 Å². The number of amides is 1. The molecule has 1 amide bonds. The average Bonchev–Trinajstić information content (AvgIpc) is 2.91. The van der Waals surface area contributed by atoms with Gasteiger partial charge < -0.3 is 9.84 Å². The smallest absolute Gasteiger partial charge is 0.411 e. The van der Waals surface area contributed by atoms with E-state index in [-0.39, 0.29) is 6.61 Å². The number of carbonyl (C=O) groups excluding carboxylic acids is 1. The molecule has 5 heteroatoms. The van der Waals surface area contributed by atoms with Crippen LogP contribution in [0.25, 0.3) is 0 Å². The third kappa shape index (κ3) is 2.61. The highest BCUT2D eigenvalue weighted by Gasteiger charge is 2.49. The van der Waals surface area contributed by atoms with Crippen molar-refractivity contribution in [1.82, 2.24) is 4.90 Å². The lowest BCUT2D eigenvalue weighted by Crippen LogP contribution is -2.52. The molecule has 0 bridgehead atoms. The van der Waals surface area contributed by atoms with E-state index in [2.05, 4.69) is 0 Å². The van der Waals surface area contributed by atoms with Crippen LogP contribution in [-0.2, 0) is 16.1 Å². The van der Waals surface area contributed by atoms with Gasteiger partial charge in [-0.3, -0.25) is 4.90 Å². The summed E-state index contributed by atoms with van der Waals surface area (Å²) in [6, 6.07) is 9.35. The molecule has 1 fully saturated rings. The normalized spacial score (nSPS) is 21.8. The van der Waals surface area contributed by atoms with E-state index in [4.69, 9.17) is 4.74 Å². The molecular weight excluding hydrogens is 258 g/mol. The van der Waals surface area contributed by atoms with Gasteiger partial charge >= 0.3 is 12.1 Å². The van der Waals surface area contributed by atoms with Gasteiger partial charge in [-0.25, -0.2) is 9.59 Å². The maximum atomic E-state index is 12.1. The third-order valence-electron chi connectivity index (χ3n) is 3.90. The summed E-state index contributed by atoms with van der Waals surface area (Å²) in [4.78, 5) is 25.0. The zero-order valence-electron chi connectivity index (χ0n) is 11.5. The number of nitrogens with zero attached hydrogens (tertiary/aromatic N) is 1. The minimum Gasteiger partial charge on any atom is -0.479 e. The van der Waals surface area contributed by atoms with Gasteiger partial charge in [-0.2, -0.15) is 0 Å². The highest BCUT2D eigenvalue weighted by Crippen LogP contribution is 2.33. The molecule has 1 atom stereocenters. The summed E-state index contributed by atoms with van der Waals surface area (Å²) >= 11 is 0. The molecule has 0 spiro atoms. The Kier molecular flexibility index (Phi) is 4.27. The Bertz CT molecular complexity index is 488. The zero-order chi connectivity index (χ0) is 14.6. The maximum absolute atomic E-state index is 12.1.